The lowest BCUT2D eigenvalue weighted by Crippen LogP contribution is -2.33. The number of carbonyl (C=O) groups is 3. The van der Waals surface area contributed by atoms with E-state index in [2.05, 4.69) is 16.1 Å². The summed E-state index contributed by atoms with van der Waals surface area (Å²) in [6.45, 7) is 3.20. The highest BCUT2D eigenvalue weighted by molar-refractivity contribution is 6.23. The van der Waals surface area contributed by atoms with E-state index in [4.69, 9.17) is 0 Å². The van der Waals surface area contributed by atoms with E-state index in [1.165, 1.54) is 14.1 Å². The zero-order valence-electron chi connectivity index (χ0n) is 10.2. The summed E-state index contributed by atoms with van der Waals surface area (Å²) in [7, 11) is 2.79. The number of likely N-dealkylation sites (N-methyl/N-ethyl adjacent to an activating group) is 2. The van der Waals surface area contributed by atoms with Crippen LogP contribution in [-0.2, 0) is 23.9 Å². The van der Waals surface area contributed by atoms with Crippen molar-refractivity contribution in [3.05, 3.63) is 35.7 Å². The molecule has 1 N–H and O–H groups in total. The Bertz CT molecular complexity index is 552. The molecule has 2 rings (SSSR count). The van der Waals surface area contributed by atoms with Crippen LogP contribution < -0.4 is 0 Å². The van der Waals surface area contributed by atoms with Crippen LogP contribution in [0.1, 0.15) is 0 Å². The van der Waals surface area contributed by atoms with Gasteiger partial charge in [0.15, 0.2) is 0 Å². The van der Waals surface area contributed by atoms with E-state index in [0.29, 0.717) is 0 Å². The molecule has 1 saturated heterocycles. The molecule has 8 heteroatoms. The van der Waals surface area contributed by atoms with E-state index >= 15 is 0 Å². The molecule has 0 spiro atoms. The van der Waals surface area contributed by atoms with Gasteiger partial charge in [-0.1, -0.05) is 0 Å². The first-order valence-electron chi connectivity index (χ1n) is 5.13. The van der Waals surface area contributed by atoms with Crippen molar-refractivity contribution in [3.63, 3.8) is 0 Å². The highest BCUT2D eigenvalue weighted by Gasteiger charge is 2.38. The van der Waals surface area contributed by atoms with Gasteiger partial charge in [0.25, 0.3) is 23.7 Å². The fraction of sp³-hybridized carbons (Fsp3) is 0.182. The van der Waals surface area contributed by atoms with Crippen molar-refractivity contribution < 1.29 is 29.0 Å². The summed E-state index contributed by atoms with van der Waals surface area (Å²) in [5.74, 6) is -3.33. The number of aliphatic hydroxyl groups is 1. The number of esters is 1. The number of cyclic esters (lactones) is 1. The molecule has 0 saturated carbocycles. The highest BCUT2D eigenvalue weighted by atomic mass is 16.7. The van der Waals surface area contributed by atoms with Crippen molar-refractivity contribution in [2.24, 2.45) is 0 Å². The van der Waals surface area contributed by atoms with Gasteiger partial charge in [0, 0.05) is 14.1 Å². The Morgan fingerprint density at radius 3 is 2.11 bits per heavy atom. The van der Waals surface area contributed by atoms with E-state index in [1.54, 1.807) is 0 Å². The van der Waals surface area contributed by atoms with E-state index in [1.807, 2.05) is 0 Å². The molecule has 0 radical (unpaired) electrons. The third-order valence-electron chi connectivity index (χ3n) is 2.65. The summed E-state index contributed by atoms with van der Waals surface area (Å²) in [5, 5.41) is 11.6. The third kappa shape index (κ3) is 1.92. The summed E-state index contributed by atoms with van der Waals surface area (Å²) >= 11 is 0. The number of ether oxygens (including phenoxy) is 2. The lowest BCUT2D eigenvalue weighted by Gasteiger charge is -2.16. The number of amides is 2. The molecule has 2 heterocycles. The van der Waals surface area contributed by atoms with Gasteiger partial charge in [-0.2, -0.15) is 0 Å². The van der Waals surface area contributed by atoms with Crippen molar-refractivity contribution in [1.29, 1.82) is 0 Å². The van der Waals surface area contributed by atoms with Crippen LogP contribution in [0.5, 0.6) is 0 Å². The zero-order chi connectivity index (χ0) is 14.3. The van der Waals surface area contributed by atoms with E-state index < -0.39 is 29.3 Å². The highest BCUT2D eigenvalue weighted by Crippen LogP contribution is 2.23. The monoisotopic (exact) mass is 266 g/mol. The Morgan fingerprint density at radius 1 is 1.11 bits per heavy atom. The van der Waals surface area contributed by atoms with Crippen molar-refractivity contribution in [1.82, 2.24) is 10.0 Å². The van der Waals surface area contributed by atoms with Crippen LogP contribution in [0, 0.1) is 0 Å². The summed E-state index contributed by atoms with van der Waals surface area (Å²) < 4.78 is 9.14. The standard InChI is InChI=1S/C11H10N2O6/c1-5-18-10(16)7(11(17)19-5)4-6-8(14)12(2)13(3)9(6)15/h4,16H,1H2,2-3H3. The van der Waals surface area contributed by atoms with Crippen LogP contribution in [0.3, 0.4) is 0 Å². The molecule has 0 aliphatic carbocycles. The summed E-state index contributed by atoms with van der Waals surface area (Å²) in [6.07, 6.45) is 0.925. The summed E-state index contributed by atoms with van der Waals surface area (Å²) in [6, 6.07) is 0. The summed E-state index contributed by atoms with van der Waals surface area (Å²) in [5.41, 5.74) is -0.701. The fourth-order valence-corrected chi connectivity index (χ4v) is 1.53. The molecule has 100 valence electrons. The maximum absolute atomic E-state index is 11.8. The largest absolute Gasteiger partial charge is 0.480 e. The minimum absolute atomic E-state index is 0.278. The Balaban J connectivity index is 2.44. The van der Waals surface area contributed by atoms with Crippen molar-refractivity contribution in [2.75, 3.05) is 14.1 Å². The second-order valence-electron chi connectivity index (χ2n) is 3.80. The van der Waals surface area contributed by atoms with Crippen molar-refractivity contribution in [3.8, 4) is 0 Å². The molecule has 1 fully saturated rings. The number of carbonyl (C=O) groups excluding carboxylic acids is 3. The van der Waals surface area contributed by atoms with Gasteiger partial charge >= 0.3 is 5.97 Å². The minimum atomic E-state index is -0.959. The van der Waals surface area contributed by atoms with Crippen LogP contribution in [0.4, 0.5) is 0 Å². The molecule has 0 aromatic rings. The van der Waals surface area contributed by atoms with Gasteiger partial charge < -0.3 is 14.6 Å². The maximum Gasteiger partial charge on any atom is 0.353 e. The number of hydrazine groups is 1. The van der Waals surface area contributed by atoms with Crippen molar-refractivity contribution >= 4 is 17.8 Å². The first-order chi connectivity index (χ1) is 8.82. The van der Waals surface area contributed by atoms with E-state index in [0.717, 1.165) is 16.1 Å². The maximum atomic E-state index is 11.8. The molecular formula is C11H10N2O6. The van der Waals surface area contributed by atoms with Gasteiger partial charge in [-0.05, 0) is 12.7 Å². The lowest BCUT2D eigenvalue weighted by molar-refractivity contribution is -0.144. The molecule has 0 aromatic heterocycles. The molecule has 19 heavy (non-hydrogen) atoms. The van der Waals surface area contributed by atoms with Crippen molar-refractivity contribution in [2.45, 2.75) is 0 Å². The van der Waals surface area contributed by atoms with Gasteiger partial charge in [-0.25, -0.2) is 4.79 Å². The Hall–Kier alpha value is -2.77. The van der Waals surface area contributed by atoms with Gasteiger partial charge in [-0.3, -0.25) is 19.6 Å². The average molecular weight is 266 g/mol. The first-order valence-corrected chi connectivity index (χ1v) is 5.13. The fourth-order valence-electron chi connectivity index (χ4n) is 1.53. The minimum Gasteiger partial charge on any atom is -0.480 e. The lowest BCUT2D eigenvalue weighted by atomic mass is 10.1. The zero-order valence-corrected chi connectivity index (χ0v) is 10.2. The molecule has 0 atom stereocenters. The number of rotatable bonds is 1. The van der Waals surface area contributed by atoms with E-state index in [-0.39, 0.29) is 11.5 Å². The Labute approximate surface area is 107 Å². The van der Waals surface area contributed by atoms with Crippen LogP contribution in [0.15, 0.2) is 35.7 Å². The molecule has 2 aliphatic heterocycles. The molecule has 0 unspecified atom stereocenters. The van der Waals surface area contributed by atoms with Crippen LogP contribution in [-0.4, -0.2) is 47.0 Å². The average Bonchev–Trinajstić information content (AvgIpc) is 2.50. The Kier molecular flexibility index (Phi) is 2.78. The second kappa shape index (κ2) is 4.16. The van der Waals surface area contributed by atoms with Gasteiger partial charge in [0.1, 0.15) is 11.1 Å². The van der Waals surface area contributed by atoms with Gasteiger partial charge in [0.05, 0.1) is 0 Å². The van der Waals surface area contributed by atoms with Crippen LogP contribution in [0.25, 0.3) is 0 Å². The molecular weight excluding hydrogens is 256 g/mol. The molecule has 0 bridgehead atoms. The molecule has 2 aliphatic rings. The van der Waals surface area contributed by atoms with E-state index in [9.17, 15) is 19.5 Å². The molecule has 2 amide bonds. The normalized spacial score (nSPS) is 20.0. The van der Waals surface area contributed by atoms with Crippen LogP contribution in [0.2, 0.25) is 0 Å². The van der Waals surface area contributed by atoms with Gasteiger partial charge in [0.2, 0.25) is 0 Å². The Morgan fingerprint density at radius 2 is 1.63 bits per heavy atom. The number of hydrogen-bond donors (Lipinski definition) is 1. The molecule has 0 aromatic carbocycles. The quantitative estimate of drug-likeness (QED) is 0.393. The predicted octanol–water partition coefficient (Wildman–Crippen LogP) is -0.428. The number of nitrogens with zero attached hydrogens (tertiary/aromatic N) is 2. The second-order valence-corrected chi connectivity index (χ2v) is 3.80. The first kappa shape index (κ1) is 12.7. The SMILES string of the molecule is C=C1OC(=O)C(C=C2C(=O)N(C)N(C)C2=O)=C(O)O1. The third-order valence-corrected chi connectivity index (χ3v) is 2.65. The topological polar surface area (TPSA) is 96.4 Å². The number of aliphatic hydroxyl groups excluding tert-OH is 1. The molecule has 8 nitrogen and oxygen atoms in total. The van der Waals surface area contributed by atoms with Crippen LogP contribution >= 0.6 is 0 Å². The number of hydrogen-bond acceptors (Lipinski definition) is 6. The van der Waals surface area contributed by atoms with Gasteiger partial charge in [-0.15, -0.1) is 0 Å². The summed E-state index contributed by atoms with van der Waals surface area (Å²) in [4.78, 5) is 35.0. The predicted molar refractivity (Wildman–Crippen MR) is 59.6 cm³/mol. The smallest absolute Gasteiger partial charge is 0.353 e.